The van der Waals surface area contributed by atoms with E-state index in [1.54, 1.807) is 18.0 Å². The largest absolute Gasteiger partial charge is 0.389 e. The maximum absolute atomic E-state index is 12.4. The zero-order valence-electron chi connectivity index (χ0n) is 12.1. The van der Waals surface area contributed by atoms with Gasteiger partial charge in [0.15, 0.2) is 0 Å². The van der Waals surface area contributed by atoms with E-state index in [1.165, 1.54) is 0 Å². The highest BCUT2D eigenvalue weighted by atomic mass is 19.4. The van der Waals surface area contributed by atoms with Crippen LogP contribution in [0.2, 0.25) is 0 Å². The molecule has 1 unspecified atom stereocenters. The van der Waals surface area contributed by atoms with Gasteiger partial charge in [0.05, 0.1) is 6.42 Å². The molecular weight excluding hydrogens is 281 g/mol. The van der Waals surface area contributed by atoms with Gasteiger partial charge in [0, 0.05) is 25.2 Å². The van der Waals surface area contributed by atoms with Gasteiger partial charge in [-0.15, -0.1) is 0 Å². The summed E-state index contributed by atoms with van der Waals surface area (Å²) in [5, 5.41) is 3.09. The quantitative estimate of drug-likeness (QED) is 0.905. The van der Waals surface area contributed by atoms with Crippen LogP contribution < -0.4 is 10.2 Å². The molecule has 116 valence electrons. The number of fused-ring (bicyclic) bond motifs is 1. The Labute approximate surface area is 122 Å². The molecule has 6 heteroatoms. The second-order valence-electron chi connectivity index (χ2n) is 5.28. The van der Waals surface area contributed by atoms with Gasteiger partial charge >= 0.3 is 6.18 Å². The van der Waals surface area contributed by atoms with Crippen LogP contribution in [0.25, 0.3) is 0 Å². The summed E-state index contributed by atoms with van der Waals surface area (Å²) in [4.78, 5) is 13.2. The summed E-state index contributed by atoms with van der Waals surface area (Å²) in [5.74, 6) is 0.0115. The monoisotopic (exact) mass is 300 g/mol. The van der Waals surface area contributed by atoms with Gasteiger partial charge in [-0.05, 0) is 30.2 Å². The Balaban J connectivity index is 2.18. The lowest BCUT2D eigenvalue weighted by Crippen LogP contribution is -2.23. The lowest BCUT2D eigenvalue weighted by atomic mass is 9.98. The Morgan fingerprint density at radius 3 is 2.71 bits per heavy atom. The SMILES string of the molecule is CCNC(CCC(F)(F)F)c1ccc2c(c1)CC(=O)N2C. The predicted octanol–water partition coefficient (Wildman–Crippen LogP) is 3.20. The first kappa shape index (κ1) is 15.8. The van der Waals surface area contributed by atoms with Gasteiger partial charge in [-0.1, -0.05) is 19.1 Å². The molecule has 0 aliphatic carbocycles. The number of benzene rings is 1. The molecule has 1 aliphatic rings. The van der Waals surface area contributed by atoms with Crippen LogP contribution in [-0.4, -0.2) is 25.7 Å². The van der Waals surface area contributed by atoms with Crippen molar-refractivity contribution < 1.29 is 18.0 Å². The summed E-state index contributed by atoms with van der Waals surface area (Å²) < 4.78 is 37.2. The Hall–Kier alpha value is -1.56. The van der Waals surface area contributed by atoms with Crippen molar-refractivity contribution in [1.29, 1.82) is 0 Å². The molecule has 21 heavy (non-hydrogen) atoms. The van der Waals surface area contributed by atoms with E-state index in [1.807, 2.05) is 19.1 Å². The van der Waals surface area contributed by atoms with Crippen LogP contribution in [-0.2, 0) is 11.2 Å². The van der Waals surface area contributed by atoms with Crippen LogP contribution in [0.1, 0.15) is 36.9 Å². The van der Waals surface area contributed by atoms with Gasteiger partial charge in [0.25, 0.3) is 0 Å². The van der Waals surface area contributed by atoms with E-state index in [9.17, 15) is 18.0 Å². The highest BCUT2D eigenvalue weighted by molar-refractivity contribution is 6.00. The number of nitrogens with one attached hydrogen (secondary N) is 1. The van der Waals surface area contributed by atoms with E-state index in [-0.39, 0.29) is 18.4 Å². The van der Waals surface area contributed by atoms with E-state index >= 15 is 0 Å². The molecule has 0 saturated carbocycles. The van der Waals surface area contributed by atoms with Gasteiger partial charge < -0.3 is 10.2 Å². The molecule has 2 rings (SSSR count). The maximum atomic E-state index is 12.4. The molecule has 1 heterocycles. The second-order valence-corrected chi connectivity index (χ2v) is 5.28. The number of alkyl halides is 3. The summed E-state index contributed by atoms with van der Waals surface area (Å²) in [6.45, 7) is 2.46. The summed E-state index contributed by atoms with van der Waals surface area (Å²) >= 11 is 0. The number of likely N-dealkylation sites (N-methyl/N-ethyl adjacent to an activating group) is 1. The molecule has 0 bridgehead atoms. The zero-order valence-corrected chi connectivity index (χ0v) is 12.1. The molecule has 0 fully saturated rings. The van der Waals surface area contributed by atoms with E-state index in [0.717, 1.165) is 16.8 Å². The van der Waals surface area contributed by atoms with E-state index in [2.05, 4.69) is 5.32 Å². The summed E-state index contributed by atoms with van der Waals surface area (Å²) in [6.07, 6.45) is -4.65. The molecule has 0 aromatic heterocycles. The van der Waals surface area contributed by atoms with Crippen molar-refractivity contribution in [3.63, 3.8) is 0 Å². The molecule has 1 atom stereocenters. The summed E-state index contributed by atoms with van der Waals surface area (Å²) in [7, 11) is 1.71. The molecule has 1 N–H and O–H groups in total. The maximum Gasteiger partial charge on any atom is 0.389 e. The van der Waals surface area contributed by atoms with E-state index in [4.69, 9.17) is 0 Å². The van der Waals surface area contributed by atoms with Gasteiger partial charge in [0.2, 0.25) is 5.91 Å². The third kappa shape index (κ3) is 3.75. The van der Waals surface area contributed by atoms with E-state index in [0.29, 0.717) is 13.0 Å². The fourth-order valence-electron chi connectivity index (χ4n) is 2.65. The van der Waals surface area contributed by atoms with Crippen LogP contribution in [0.5, 0.6) is 0 Å². The van der Waals surface area contributed by atoms with E-state index < -0.39 is 12.6 Å². The third-order valence-electron chi connectivity index (χ3n) is 3.75. The van der Waals surface area contributed by atoms with Crippen molar-refractivity contribution in [1.82, 2.24) is 5.32 Å². The smallest absolute Gasteiger partial charge is 0.315 e. The van der Waals surface area contributed by atoms with Crippen molar-refractivity contribution in [2.75, 3.05) is 18.5 Å². The Kier molecular flexibility index (Phi) is 4.56. The first-order valence-corrected chi connectivity index (χ1v) is 7.01. The molecule has 1 aromatic rings. The number of carbonyl (C=O) groups is 1. The lowest BCUT2D eigenvalue weighted by molar-refractivity contribution is -0.136. The van der Waals surface area contributed by atoms with Crippen LogP contribution in [0.4, 0.5) is 18.9 Å². The zero-order chi connectivity index (χ0) is 15.6. The van der Waals surface area contributed by atoms with Crippen LogP contribution in [0.15, 0.2) is 18.2 Å². The third-order valence-corrected chi connectivity index (χ3v) is 3.75. The fourth-order valence-corrected chi connectivity index (χ4v) is 2.65. The Morgan fingerprint density at radius 1 is 1.38 bits per heavy atom. The number of halogens is 3. The van der Waals surface area contributed by atoms with Crippen molar-refractivity contribution in [3.8, 4) is 0 Å². The Bertz CT molecular complexity index is 528. The molecule has 0 saturated heterocycles. The number of hydrogen-bond acceptors (Lipinski definition) is 2. The minimum atomic E-state index is -4.15. The fraction of sp³-hybridized carbons (Fsp3) is 0.533. The average Bonchev–Trinajstić information content (AvgIpc) is 2.68. The summed E-state index contributed by atoms with van der Waals surface area (Å²) in [5.41, 5.74) is 2.53. The van der Waals surface area contributed by atoms with Crippen LogP contribution >= 0.6 is 0 Å². The minimum absolute atomic E-state index is 0.0000869. The van der Waals surface area contributed by atoms with Crippen LogP contribution in [0, 0.1) is 0 Å². The number of amides is 1. The highest BCUT2D eigenvalue weighted by Gasteiger charge is 2.29. The standard InChI is InChI=1S/C15H19F3N2O/c1-3-19-12(6-7-15(16,17)18)10-4-5-13-11(8-10)9-14(21)20(13)2/h4-5,8,12,19H,3,6-7,9H2,1-2H3. The molecule has 1 aliphatic heterocycles. The van der Waals surface area contributed by atoms with Crippen molar-refractivity contribution in [3.05, 3.63) is 29.3 Å². The normalized spacial score (nSPS) is 16.2. The minimum Gasteiger partial charge on any atom is -0.315 e. The van der Waals surface area contributed by atoms with Crippen molar-refractivity contribution >= 4 is 11.6 Å². The van der Waals surface area contributed by atoms with Gasteiger partial charge in [-0.3, -0.25) is 4.79 Å². The van der Waals surface area contributed by atoms with Gasteiger partial charge in [-0.25, -0.2) is 0 Å². The van der Waals surface area contributed by atoms with Gasteiger partial charge in [0.1, 0.15) is 0 Å². The van der Waals surface area contributed by atoms with Gasteiger partial charge in [-0.2, -0.15) is 13.2 Å². The predicted molar refractivity (Wildman–Crippen MR) is 75.3 cm³/mol. The molecule has 3 nitrogen and oxygen atoms in total. The lowest BCUT2D eigenvalue weighted by Gasteiger charge is -2.20. The number of anilines is 1. The Morgan fingerprint density at radius 2 is 2.10 bits per heavy atom. The molecular formula is C15H19F3N2O. The number of rotatable bonds is 5. The molecule has 0 spiro atoms. The topological polar surface area (TPSA) is 32.3 Å². The molecule has 0 radical (unpaired) electrons. The van der Waals surface area contributed by atoms with Crippen molar-refractivity contribution in [2.24, 2.45) is 0 Å². The molecule has 1 aromatic carbocycles. The number of carbonyl (C=O) groups excluding carboxylic acids is 1. The average molecular weight is 300 g/mol. The first-order chi connectivity index (χ1) is 9.81. The number of nitrogens with zero attached hydrogens (tertiary/aromatic N) is 1. The highest BCUT2D eigenvalue weighted by Crippen LogP contribution is 2.33. The first-order valence-electron chi connectivity index (χ1n) is 7.01. The summed E-state index contributed by atoms with van der Waals surface area (Å²) in [6, 6.07) is 5.12. The second kappa shape index (κ2) is 6.05. The number of hydrogen-bond donors (Lipinski definition) is 1. The molecule has 1 amide bonds. The van der Waals surface area contributed by atoms with Crippen LogP contribution in [0.3, 0.4) is 0 Å². The van der Waals surface area contributed by atoms with Crippen molar-refractivity contribution in [2.45, 2.75) is 38.4 Å².